The summed E-state index contributed by atoms with van der Waals surface area (Å²) in [6, 6.07) is 5.22. The molecule has 1 amide bonds. The van der Waals surface area contributed by atoms with E-state index in [2.05, 4.69) is 5.32 Å². The zero-order valence-electron chi connectivity index (χ0n) is 13.0. The smallest absolute Gasteiger partial charge is 0.320 e. The number of carboxylic acids is 1. The predicted octanol–water partition coefficient (Wildman–Crippen LogP) is 2.60. The van der Waals surface area contributed by atoms with Crippen LogP contribution in [-0.2, 0) is 9.59 Å². The summed E-state index contributed by atoms with van der Waals surface area (Å²) in [7, 11) is 0. The van der Waals surface area contributed by atoms with Gasteiger partial charge in [0.2, 0.25) is 5.91 Å². The van der Waals surface area contributed by atoms with Gasteiger partial charge in [-0.1, -0.05) is 12.5 Å². The fourth-order valence-electron chi connectivity index (χ4n) is 2.66. The summed E-state index contributed by atoms with van der Waals surface area (Å²) >= 11 is 0. The van der Waals surface area contributed by atoms with Gasteiger partial charge in [0, 0.05) is 5.69 Å². The van der Waals surface area contributed by atoms with Crippen LogP contribution in [0.3, 0.4) is 0 Å². The number of halogens is 1. The molecule has 1 fully saturated rings. The first-order valence-corrected chi connectivity index (χ1v) is 7.31. The largest absolute Gasteiger partial charge is 0.480 e. The summed E-state index contributed by atoms with van der Waals surface area (Å²) in [5, 5.41) is 12.0. The Labute approximate surface area is 137 Å². The second kappa shape index (κ2) is 8.15. The van der Waals surface area contributed by atoms with E-state index in [1.807, 2.05) is 32.0 Å². The van der Waals surface area contributed by atoms with Crippen LogP contribution in [0.4, 0.5) is 5.69 Å². The number of aryl methyl sites for hydroxylation is 2. The van der Waals surface area contributed by atoms with Crippen molar-refractivity contribution in [1.82, 2.24) is 4.90 Å². The SMILES string of the molecule is Cc1ccc(NC(=O)CN2CCCCC2C(=O)O)cc1C.Cl. The van der Waals surface area contributed by atoms with E-state index < -0.39 is 12.0 Å². The Hall–Kier alpha value is -1.59. The second-order valence-corrected chi connectivity index (χ2v) is 5.67. The normalized spacial score (nSPS) is 18.4. The maximum Gasteiger partial charge on any atom is 0.320 e. The Kier molecular flexibility index (Phi) is 6.84. The average Bonchev–Trinajstić information content (AvgIpc) is 2.43. The molecule has 2 N–H and O–H groups in total. The first kappa shape index (κ1) is 18.5. The van der Waals surface area contributed by atoms with Gasteiger partial charge >= 0.3 is 5.97 Å². The molecule has 1 atom stereocenters. The number of hydrogen-bond acceptors (Lipinski definition) is 3. The van der Waals surface area contributed by atoms with E-state index in [1.54, 1.807) is 4.90 Å². The molecule has 5 nitrogen and oxygen atoms in total. The molecule has 6 heteroatoms. The van der Waals surface area contributed by atoms with Gasteiger partial charge in [-0.2, -0.15) is 0 Å². The lowest BCUT2D eigenvalue weighted by Gasteiger charge is -2.32. The minimum atomic E-state index is -0.839. The van der Waals surface area contributed by atoms with Crippen LogP contribution in [0, 0.1) is 13.8 Å². The zero-order chi connectivity index (χ0) is 15.4. The Balaban J connectivity index is 0.00000242. The van der Waals surface area contributed by atoms with Crippen LogP contribution >= 0.6 is 12.4 Å². The summed E-state index contributed by atoms with van der Waals surface area (Å²) in [5.41, 5.74) is 3.05. The molecule has 1 aromatic carbocycles. The highest BCUT2D eigenvalue weighted by Crippen LogP contribution is 2.18. The molecule has 1 saturated heterocycles. The molecule has 1 unspecified atom stereocenters. The van der Waals surface area contributed by atoms with Gasteiger partial charge in [-0.15, -0.1) is 12.4 Å². The van der Waals surface area contributed by atoms with Gasteiger partial charge in [0.25, 0.3) is 0 Å². The van der Waals surface area contributed by atoms with Gasteiger partial charge < -0.3 is 10.4 Å². The average molecular weight is 327 g/mol. The third kappa shape index (κ3) is 4.71. The van der Waals surface area contributed by atoms with Crippen molar-refractivity contribution in [2.45, 2.75) is 39.2 Å². The number of amides is 1. The molecule has 1 heterocycles. The quantitative estimate of drug-likeness (QED) is 0.892. The van der Waals surface area contributed by atoms with Crippen LogP contribution in [0.5, 0.6) is 0 Å². The van der Waals surface area contributed by atoms with Crippen molar-refractivity contribution in [1.29, 1.82) is 0 Å². The summed E-state index contributed by atoms with van der Waals surface area (Å²) < 4.78 is 0. The van der Waals surface area contributed by atoms with Gasteiger partial charge in [0.15, 0.2) is 0 Å². The molecule has 0 aliphatic carbocycles. The highest BCUT2D eigenvalue weighted by atomic mass is 35.5. The minimum Gasteiger partial charge on any atom is -0.480 e. The van der Waals surface area contributed by atoms with E-state index in [4.69, 9.17) is 0 Å². The molecule has 0 radical (unpaired) electrons. The van der Waals surface area contributed by atoms with Crippen LogP contribution in [0.15, 0.2) is 18.2 Å². The summed E-state index contributed by atoms with van der Waals surface area (Å²) in [4.78, 5) is 25.1. The van der Waals surface area contributed by atoms with Gasteiger partial charge in [-0.25, -0.2) is 0 Å². The van der Waals surface area contributed by atoms with Crippen LogP contribution < -0.4 is 5.32 Å². The van der Waals surface area contributed by atoms with Crippen LogP contribution in [0.2, 0.25) is 0 Å². The van der Waals surface area contributed by atoms with Crippen molar-refractivity contribution in [2.75, 3.05) is 18.4 Å². The second-order valence-electron chi connectivity index (χ2n) is 5.67. The lowest BCUT2D eigenvalue weighted by Crippen LogP contribution is -2.47. The maximum atomic E-state index is 12.1. The number of nitrogens with one attached hydrogen (secondary N) is 1. The highest BCUT2D eigenvalue weighted by molar-refractivity contribution is 5.92. The zero-order valence-corrected chi connectivity index (χ0v) is 13.8. The number of anilines is 1. The first-order chi connectivity index (χ1) is 9.97. The minimum absolute atomic E-state index is 0. The summed E-state index contributed by atoms with van der Waals surface area (Å²) in [6.07, 6.45) is 2.47. The Morgan fingerprint density at radius 2 is 2.00 bits per heavy atom. The topological polar surface area (TPSA) is 69.6 Å². The molecule has 0 spiro atoms. The molecular weight excluding hydrogens is 304 g/mol. The van der Waals surface area contributed by atoms with E-state index in [9.17, 15) is 14.7 Å². The number of rotatable bonds is 4. The van der Waals surface area contributed by atoms with Crippen molar-refractivity contribution < 1.29 is 14.7 Å². The number of likely N-dealkylation sites (tertiary alicyclic amines) is 1. The molecule has 122 valence electrons. The number of aliphatic carboxylic acids is 1. The first-order valence-electron chi connectivity index (χ1n) is 7.31. The van der Waals surface area contributed by atoms with E-state index in [1.165, 1.54) is 5.56 Å². The summed E-state index contributed by atoms with van der Waals surface area (Å²) in [5.74, 6) is -1.000. The molecule has 2 rings (SSSR count). The van der Waals surface area contributed by atoms with Gasteiger partial charge in [-0.3, -0.25) is 14.5 Å². The number of benzene rings is 1. The van der Waals surface area contributed by atoms with Gasteiger partial charge in [-0.05, 0) is 56.5 Å². The molecule has 0 aromatic heterocycles. The van der Waals surface area contributed by atoms with Gasteiger partial charge in [0.05, 0.1) is 6.54 Å². The van der Waals surface area contributed by atoms with Gasteiger partial charge in [0.1, 0.15) is 6.04 Å². The molecule has 22 heavy (non-hydrogen) atoms. The number of carbonyl (C=O) groups is 2. The van der Waals surface area contributed by atoms with Crippen molar-refractivity contribution in [3.8, 4) is 0 Å². The maximum absolute atomic E-state index is 12.1. The lowest BCUT2D eigenvalue weighted by atomic mass is 10.0. The number of carbonyl (C=O) groups excluding carboxylic acids is 1. The number of hydrogen-bond donors (Lipinski definition) is 2. The Morgan fingerprint density at radius 3 is 2.64 bits per heavy atom. The van der Waals surface area contributed by atoms with E-state index >= 15 is 0 Å². The van der Waals surface area contributed by atoms with Crippen molar-refractivity contribution in [2.24, 2.45) is 0 Å². The fraction of sp³-hybridized carbons (Fsp3) is 0.500. The molecule has 1 aliphatic rings. The molecule has 1 aromatic rings. The number of carboxylic acid groups (broad SMARTS) is 1. The van der Waals surface area contributed by atoms with Crippen molar-refractivity contribution in [3.63, 3.8) is 0 Å². The van der Waals surface area contributed by atoms with E-state index in [0.717, 1.165) is 24.1 Å². The van der Waals surface area contributed by atoms with Crippen LogP contribution in [0.1, 0.15) is 30.4 Å². The number of nitrogens with zero attached hydrogens (tertiary/aromatic N) is 1. The monoisotopic (exact) mass is 326 g/mol. The molecular formula is C16H23ClN2O3. The summed E-state index contributed by atoms with van der Waals surface area (Å²) in [6.45, 7) is 4.81. The van der Waals surface area contributed by atoms with E-state index in [0.29, 0.717) is 13.0 Å². The predicted molar refractivity (Wildman–Crippen MR) is 88.6 cm³/mol. The van der Waals surface area contributed by atoms with Crippen LogP contribution in [-0.4, -0.2) is 41.0 Å². The van der Waals surface area contributed by atoms with Crippen molar-refractivity contribution >= 4 is 30.0 Å². The van der Waals surface area contributed by atoms with E-state index in [-0.39, 0.29) is 24.9 Å². The molecule has 1 aliphatic heterocycles. The standard InChI is InChI=1S/C16H22N2O3.ClH/c1-11-6-7-13(9-12(11)2)17-15(19)10-18-8-4-3-5-14(18)16(20)21;/h6-7,9,14H,3-5,8,10H2,1-2H3,(H,17,19)(H,20,21);1H. The van der Waals surface area contributed by atoms with Crippen molar-refractivity contribution in [3.05, 3.63) is 29.3 Å². The molecule has 0 bridgehead atoms. The Bertz CT molecular complexity index is 548. The number of piperidine rings is 1. The third-order valence-electron chi connectivity index (χ3n) is 4.04. The Morgan fingerprint density at radius 1 is 1.27 bits per heavy atom. The van der Waals surface area contributed by atoms with Crippen LogP contribution in [0.25, 0.3) is 0 Å². The lowest BCUT2D eigenvalue weighted by molar-refractivity contribution is -0.145. The third-order valence-corrected chi connectivity index (χ3v) is 4.04. The fourth-order valence-corrected chi connectivity index (χ4v) is 2.66. The highest BCUT2D eigenvalue weighted by Gasteiger charge is 2.29. The molecule has 0 saturated carbocycles.